The van der Waals surface area contributed by atoms with Gasteiger partial charge in [0.25, 0.3) is 0 Å². The van der Waals surface area contributed by atoms with Crippen molar-refractivity contribution < 1.29 is 18.3 Å². The third-order valence-corrected chi connectivity index (χ3v) is 2.58. The minimum absolute atomic E-state index is 0.0515. The molecule has 1 atom stereocenters. The van der Waals surface area contributed by atoms with E-state index in [1.165, 1.54) is 25.3 Å². The van der Waals surface area contributed by atoms with E-state index in [1.807, 2.05) is 0 Å². The minimum atomic E-state index is -2.26. The third kappa shape index (κ3) is 2.12. The Labute approximate surface area is 88.1 Å². The van der Waals surface area contributed by atoms with Crippen LogP contribution in [-0.2, 0) is 15.8 Å². The molecule has 0 saturated carbocycles. The van der Waals surface area contributed by atoms with E-state index in [0.29, 0.717) is 0 Å². The second-order valence-electron chi connectivity index (χ2n) is 2.35. The number of esters is 1. The van der Waals surface area contributed by atoms with Crippen LogP contribution in [0.1, 0.15) is 10.4 Å². The standard InChI is InChI=1S/C8H7ClO4S/c1-13-8(10)7-5(9)3-2-4-6(7)14(11)12/h2-4H,1H3,(H,11,12). The summed E-state index contributed by atoms with van der Waals surface area (Å²) in [7, 11) is 1.18. The largest absolute Gasteiger partial charge is 0.465 e. The molecule has 1 rings (SSSR count). The van der Waals surface area contributed by atoms with Gasteiger partial charge in [-0.3, -0.25) is 0 Å². The fourth-order valence-electron chi connectivity index (χ4n) is 0.950. The van der Waals surface area contributed by atoms with E-state index in [2.05, 4.69) is 4.74 Å². The Morgan fingerprint density at radius 1 is 1.57 bits per heavy atom. The van der Waals surface area contributed by atoms with Crippen LogP contribution in [0.4, 0.5) is 0 Å². The van der Waals surface area contributed by atoms with Gasteiger partial charge in [0.1, 0.15) is 0 Å². The van der Waals surface area contributed by atoms with Crippen molar-refractivity contribution in [3.8, 4) is 0 Å². The fourth-order valence-corrected chi connectivity index (χ4v) is 1.82. The van der Waals surface area contributed by atoms with Gasteiger partial charge in [0.15, 0.2) is 11.1 Å². The maximum Gasteiger partial charge on any atom is 0.340 e. The number of halogens is 1. The summed E-state index contributed by atoms with van der Waals surface area (Å²) < 4.78 is 24.2. The molecule has 1 unspecified atom stereocenters. The summed E-state index contributed by atoms with van der Waals surface area (Å²) in [6.07, 6.45) is 0. The Morgan fingerprint density at radius 2 is 2.21 bits per heavy atom. The summed E-state index contributed by atoms with van der Waals surface area (Å²) in [6.45, 7) is 0. The molecular weight excluding hydrogens is 228 g/mol. The Morgan fingerprint density at radius 3 is 2.71 bits per heavy atom. The smallest absolute Gasteiger partial charge is 0.340 e. The lowest BCUT2D eigenvalue weighted by molar-refractivity contribution is 0.0596. The van der Waals surface area contributed by atoms with Crippen molar-refractivity contribution in [1.29, 1.82) is 0 Å². The number of ether oxygens (including phenoxy) is 1. The lowest BCUT2D eigenvalue weighted by Crippen LogP contribution is -2.07. The van der Waals surface area contributed by atoms with Gasteiger partial charge in [-0.2, -0.15) is 0 Å². The highest BCUT2D eigenvalue weighted by molar-refractivity contribution is 7.79. The summed E-state index contributed by atoms with van der Waals surface area (Å²) in [6, 6.07) is 4.27. The van der Waals surface area contributed by atoms with E-state index in [0.717, 1.165) is 0 Å². The second-order valence-corrected chi connectivity index (χ2v) is 3.70. The number of methoxy groups -OCH3 is 1. The van der Waals surface area contributed by atoms with E-state index in [4.69, 9.17) is 16.2 Å². The molecule has 1 aromatic carbocycles. The number of benzene rings is 1. The van der Waals surface area contributed by atoms with Crippen molar-refractivity contribution in [2.45, 2.75) is 4.90 Å². The van der Waals surface area contributed by atoms with E-state index in [-0.39, 0.29) is 15.5 Å². The van der Waals surface area contributed by atoms with Gasteiger partial charge in [-0.15, -0.1) is 0 Å². The monoisotopic (exact) mass is 234 g/mol. The number of hydrogen-bond donors (Lipinski definition) is 1. The molecule has 6 heteroatoms. The molecule has 0 radical (unpaired) electrons. The molecule has 0 aliphatic heterocycles. The molecule has 0 saturated heterocycles. The van der Waals surface area contributed by atoms with Crippen LogP contribution in [0.5, 0.6) is 0 Å². The van der Waals surface area contributed by atoms with Gasteiger partial charge in [0.05, 0.1) is 22.6 Å². The molecule has 0 heterocycles. The zero-order valence-electron chi connectivity index (χ0n) is 7.19. The zero-order chi connectivity index (χ0) is 10.7. The predicted molar refractivity (Wildman–Crippen MR) is 51.8 cm³/mol. The second kappa shape index (κ2) is 4.54. The lowest BCUT2D eigenvalue weighted by atomic mass is 10.2. The highest BCUT2D eigenvalue weighted by atomic mass is 35.5. The Hall–Kier alpha value is -0.910. The molecule has 14 heavy (non-hydrogen) atoms. The van der Waals surface area contributed by atoms with Crippen LogP contribution in [0, 0.1) is 0 Å². The van der Waals surface area contributed by atoms with Crippen LogP contribution in [0.15, 0.2) is 23.1 Å². The lowest BCUT2D eigenvalue weighted by Gasteiger charge is -2.05. The third-order valence-electron chi connectivity index (χ3n) is 1.55. The summed E-state index contributed by atoms with van der Waals surface area (Å²) >= 11 is 3.44. The van der Waals surface area contributed by atoms with Crippen LogP contribution in [-0.4, -0.2) is 21.8 Å². The molecule has 76 valence electrons. The molecule has 1 aromatic rings. The summed E-state index contributed by atoms with van der Waals surface area (Å²) in [4.78, 5) is 11.2. The number of carbonyl (C=O) groups is 1. The zero-order valence-corrected chi connectivity index (χ0v) is 8.76. The fraction of sp³-hybridized carbons (Fsp3) is 0.125. The quantitative estimate of drug-likeness (QED) is 0.625. The van der Waals surface area contributed by atoms with Crippen LogP contribution in [0.25, 0.3) is 0 Å². The van der Waals surface area contributed by atoms with Gasteiger partial charge in [-0.05, 0) is 12.1 Å². The van der Waals surface area contributed by atoms with Crippen molar-refractivity contribution in [3.05, 3.63) is 28.8 Å². The van der Waals surface area contributed by atoms with Gasteiger partial charge in [-0.25, -0.2) is 9.00 Å². The van der Waals surface area contributed by atoms with Crippen molar-refractivity contribution in [2.75, 3.05) is 7.11 Å². The number of carbonyl (C=O) groups excluding carboxylic acids is 1. The number of hydrogen-bond acceptors (Lipinski definition) is 3. The molecule has 0 amide bonds. The summed E-state index contributed by atoms with van der Waals surface area (Å²) in [5.74, 6) is -0.729. The van der Waals surface area contributed by atoms with E-state index in [1.54, 1.807) is 0 Å². The van der Waals surface area contributed by atoms with E-state index < -0.39 is 17.0 Å². The molecule has 1 N–H and O–H groups in total. The summed E-state index contributed by atoms with van der Waals surface area (Å²) in [5.41, 5.74) is -0.0718. The molecule has 0 bridgehead atoms. The van der Waals surface area contributed by atoms with Gasteiger partial charge < -0.3 is 9.29 Å². The Kier molecular flexibility index (Phi) is 3.62. The molecule has 0 aliphatic rings. The van der Waals surface area contributed by atoms with Gasteiger partial charge in [0.2, 0.25) is 0 Å². The first-order valence-electron chi connectivity index (χ1n) is 3.55. The van der Waals surface area contributed by atoms with Crippen LogP contribution < -0.4 is 0 Å². The first-order chi connectivity index (χ1) is 6.57. The van der Waals surface area contributed by atoms with Gasteiger partial charge in [-0.1, -0.05) is 17.7 Å². The average molecular weight is 235 g/mol. The first kappa shape index (κ1) is 11.2. The molecule has 0 spiro atoms. The SMILES string of the molecule is COC(=O)c1c(Cl)cccc1S(=O)O. The molecular formula is C8H7ClO4S. The van der Waals surface area contributed by atoms with E-state index >= 15 is 0 Å². The number of rotatable bonds is 2. The van der Waals surface area contributed by atoms with Crippen molar-refractivity contribution in [2.24, 2.45) is 0 Å². The Bertz CT molecular complexity index is 391. The average Bonchev–Trinajstić information content (AvgIpc) is 2.16. The minimum Gasteiger partial charge on any atom is -0.465 e. The highest BCUT2D eigenvalue weighted by Gasteiger charge is 2.18. The predicted octanol–water partition coefficient (Wildman–Crippen LogP) is 1.71. The summed E-state index contributed by atoms with van der Waals surface area (Å²) in [5, 5.41) is 0.0942. The van der Waals surface area contributed by atoms with E-state index in [9.17, 15) is 9.00 Å². The highest BCUT2D eigenvalue weighted by Crippen LogP contribution is 2.22. The normalized spacial score (nSPS) is 12.2. The molecule has 4 nitrogen and oxygen atoms in total. The van der Waals surface area contributed by atoms with Crippen LogP contribution in [0.2, 0.25) is 5.02 Å². The molecule has 0 fully saturated rings. The molecule has 0 aromatic heterocycles. The maximum atomic E-state index is 11.2. The molecule has 0 aliphatic carbocycles. The van der Waals surface area contributed by atoms with Crippen LogP contribution >= 0.6 is 11.6 Å². The van der Waals surface area contributed by atoms with Crippen molar-refractivity contribution in [3.63, 3.8) is 0 Å². The van der Waals surface area contributed by atoms with Gasteiger partial charge >= 0.3 is 5.97 Å². The van der Waals surface area contributed by atoms with Crippen LogP contribution in [0.3, 0.4) is 0 Å². The van der Waals surface area contributed by atoms with Crippen molar-refractivity contribution >= 4 is 28.7 Å². The first-order valence-corrected chi connectivity index (χ1v) is 5.04. The maximum absolute atomic E-state index is 11.2. The topological polar surface area (TPSA) is 63.6 Å². The van der Waals surface area contributed by atoms with Gasteiger partial charge in [0, 0.05) is 0 Å². The van der Waals surface area contributed by atoms with Crippen molar-refractivity contribution in [1.82, 2.24) is 0 Å². The Balaban J connectivity index is 3.36.